The second kappa shape index (κ2) is 14.6. The SMILES string of the molecule is CC(N)=O.COc1cc(C(=O)NCC(O)(c2cc(C(C)C)cc(-c3ccc(F)c(C)c3)n2)C(F)(F)F)ccc1OCC(N)=O. The summed E-state index contributed by atoms with van der Waals surface area (Å²) in [6.07, 6.45) is -5.23. The fraction of sp³-hybridized carbons (Fsp3) is 0.333. The minimum Gasteiger partial charge on any atom is -0.493 e. The molecule has 44 heavy (non-hydrogen) atoms. The first-order valence-electron chi connectivity index (χ1n) is 13.1. The van der Waals surface area contributed by atoms with Gasteiger partial charge in [-0.05, 0) is 72.5 Å². The second-order valence-electron chi connectivity index (χ2n) is 10.1. The fourth-order valence-electron chi connectivity index (χ4n) is 3.77. The van der Waals surface area contributed by atoms with Crippen molar-refractivity contribution < 1.29 is 46.5 Å². The largest absolute Gasteiger partial charge is 0.493 e. The zero-order chi connectivity index (χ0) is 33.4. The normalized spacial score (nSPS) is 12.4. The summed E-state index contributed by atoms with van der Waals surface area (Å²) in [4.78, 5) is 37.1. The Labute approximate surface area is 251 Å². The van der Waals surface area contributed by atoms with Crippen LogP contribution in [-0.2, 0) is 15.2 Å². The van der Waals surface area contributed by atoms with E-state index in [1.807, 2.05) is 0 Å². The smallest absolute Gasteiger partial charge is 0.424 e. The van der Waals surface area contributed by atoms with Gasteiger partial charge < -0.3 is 31.4 Å². The maximum atomic E-state index is 14.4. The van der Waals surface area contributed by atoms with Crippen LogP contribution in [0.25, 0.3) is 11.3 Å². The molecule has 0 aliphatic heterocycles. The Hall–Kier alpha value is -4.72. The molecule has 3 amide bonds. The number of pyridine rings is 1. The van der Waals surface area contributed by atoms with Crippen LogP contribution < -0.4 is 26.3 Å². The number of nitrogens with one attached hydrogen (secondary N) is 1. The van der Waals surface area contributed by atoms with Crippen LogP contribution in [0.4, 0.5) is 17.6 Å². The van der Waals surface area contributed by atoms with Crippen molar-refractivity contribution >= 4 is 17.7 Å². The number of aliphatic hydroxyl groups is 1. The Morgan fingerprint density at radius 3 is 2.18 bits per heavy atom. The molecule has 0 aliphatic carbocycles. The molecular formula is C30H34F4N4O6. The van der Waals surface area contributed by atoms with Crippen molar-refractivity contribution in [2.45, 2.75) is 45.4 Å². The molecule has 0 fully saturated rings. The van der Waals surface area contributed by atoms with E-state index in [0.29, 0.717) is 11.1 Å². The van der Waals surface area contributed by atoms with Gasteiger partial charge in [0.1, 0.15) is 5.82 Å². The highest BCUT2D eigenvalue weighted by atomic mass is 19.4. The monoisotopic (exact) mass is 622 g/mol. The van der Waals surface area contributed by atoms with Crippen molar-refractivity contribution in [3.8, 4) is 22.8 Å². The van der Waals surface area contributed by atoms with Crippen molar-refractivity contribution in [2.24, 2.45) is 11.5 Å². The lowest BCUT2D eigenvalue weighted by molar-refractivity contribution is -0.265. The van der Waals surface area contributed by atoms with Gasteiger partial charge in [-0.1, -0.05) is 13.8 Å². The maximum Gasteiger partial charge on any atom is 0.424 e. The minimum absolute atomic E-state index is 0.0329. The van der Waals surface area contributed by atoms with Gasteiger partial charge in [0.2, 0.25) is 11.5 Å². The maximum absolute atomic E-state index is 14.4. The molecule has 1 heterocycles. The zero-order valence-electron chi connectivity index (χ0n) is 24.7. The number of rotatable bonds is 10. The number of benzene rings is 2. The highest BCUT2D eigenvalue weighted by Crippen LogP contribution is 2.40. The number of primary amides is 2. The fourth-order valence-corrected chi connectivity index (χ4v) is 3.77. The number of alkyl halides is 3. The molecule has 6 N–H and O–H groups in total. The summed E-state index contributed by atoms with van der Waals surface area (Å²) in [5.74, 6) is -2.63. The Kier molecular flexibility index (Phi) is 11.8. The van der Waals surface area contributed by atoms with E-state index >= 15 is 0 Å². The van der Waals surface area contributed by atoms with Crippen LogP contribution in [0.15, 0.2) is 48.5 Å². The number of hydrogen-bond acceptors (Lipinski definition) is 7. The molecule has 10 nitrogen and oxygen atoms in total. The average molecular weight is 623 g/mol. The molecular weight excluding hydrogens is 588 g/mol. The first-order chi connectivity index (χ1) is 20.4. The molecule has 0 aliphatic rings. The highest BCUT2D eigenvalue weighted by molar-refractivity contribution is 5.95. The van der Waals surface area contributed by atoms with Gasteiger partial charge in [0, 0.05) is 18.1 Å². The van der Waals surface area contributed by atoms with Gasteiger partial charge in [0.15, 0.2) is 18.1 Å². The Bertz CT molecular complexity index is 1510. The number of nitrogens with two attached hydrogens (primary N) is 2. The lowest BCUT2D eigenvalue weighted by atomic mass is 9.92. The summed E-state index contributed by atoms with van der Waals surface area (Å²) < 4.78 is 67.3. The second-order valence-corrected chi connectivity index (χ2v) is 10.1. The summed E-state index contributed by atoms with van der Waals surface area (Å²) in [5.41, 5.74) is 6.33. The van der Waals surface area contributed by atoms with E-state index in [0.717, 1.165) is 6.07 Å². The average Bonchev–Trinajstić information content (AvgIpc) is 2.94. The van der Waals surface area contributed by atoms with Gasteiger partial charge in [-0.25, -0.2) is 9.37 Å². The third kappa shape index (κ3) is 9.14. The standard InChI is InChI=1S/C28H29F4N3O5.C2H5NO/c1-15(2)19-10-21(17-5-7-20(29)16(3)9-17)35-24(12-19)27(38,28(30,31)32)14-34-26(37)18-6-8-22(23(11-18)39-4)40-13-25(33)36;1-2(3)4/h5-12,15,38H,13-14H2,1-4H3,(H2,33,36)(H,34,37);1H3,(H2,3,4). The number of nitrogens with zero attached hydrogens (tertiary/aromatic N) is 1. The number of aryl methyl sites for hydroxylation is 1. The van der Waals surface area contributed by atoms with Gasteiger partial charge >= 0.3 is 6.18 Å². The highest BCUT2D eigenvalue weighted by Gasteiger charge is 2.56. The van der Waals surface area contributed by atoms with Crippen LogP contribution in [0.1, 0.15) is 53.9 Å². The van der Waals surface area contributed by atoms with Crippen molar-refractivity contribution in [2.75, 3.05) is 20.3 Å². The first-order valence-corrected chi connectivity index (χ1v) is 13.1. The number of carbonyl (C=O) groups is 3. The van der Waals surface area contributed by atoms with Crippen molar-refractivity contribution in [3.63, 3.8) is 0 Å². The van der Waals surface area contributed by atoms with Gasteiger partial charge in [-0.3, -0.25) is 14.4 Å². The number of halogens is 4. The van der Waals surface area contributed by atoms with E-state index in [2.05, 4.69) is 16.0 Å². The lowest BCUT2D eigenvalue weighted by Gasteiger charge is -2.31. The summed E-state index contributed by atoms with van der Waals surface area (Å²) in [5, 5.41) is 13.1. The van der Waals surface area contributed by atoms with Crippen LogP contribution in [0.3, 0.4) is 0 Å². The predicted molar refractivity (Wildman–Crippen MR) is 153 cm³/mol. The summed E-state index contributed by atoms with van der Waals surface area (Å²) >= 11 is 0. The molecule has 2 aromatic carbocycles. The number of methoxy groups -OCH3 is 1. The number of aromatic nitrogens is 1. The topological polar surface area (TPSA) is 167 Å². The molecule has 3 rings (SSSR count). The number of amides is 3. The van der Waals surface area contributed by atoms with Crippen molar-refractivity contribution in [1.29, 1.82) is 0 Å². The third-order valence-electron chi connectivity index (χ3n) is 6.16. The van der Waals surface area contributed by atoms with E-state index in [1.165, 1.54) is 57.4 Å². The molecule has 0 radical (unpaired) electrons. The predicted octanol–water partition coefficient (Wildman–Crippen LogP) is 3.86. The van der Waals surface area contributed by atoms with Crippen molar-refractivity contribution in [3.05, 3.63) is 76.7 Å². The van der Waals surface area contributed by atoms with Crippen LogP contribution in [0.5, 0.6) is 11.5 Å². The minimum atomic E-state index is -5.23. The Morgan fingerprint density at radius 2 is 1.66 bits per heavy atom. The van der Waals surface area contributed by atoms with Gasteiger partial charge in [0.05, 0.1) is 25.0 Å². The molecule has 0 spiro atoms. The Morgan fingerprint density at radius 1 is 1.02 bits per heavy atom. The molecule has 0 saturated carbocycles. The number of ether oxygens (including phenoxy) is 2. The van der Waals surface area contributed by atoms with E-state index in [9.17, 15) is 37.1 Å². The van der Waals surface area contributed by atoms with Gasteiger partial charge in [-0.2, -0.15) is 13.2 Å². The summed E-state index contributed by atoms with van der Waals surface area (Å²) in [7, 11) is 1.27. The van der Waals surface area contributed by atoms with E-state index in [1.54, 1.807) is 19.9 Å². The molecule has 0 bridgehead atoms. The Balaban J connectivity index is 0.00000159. The molecule has 238 valence electrons. The van der Waals surface area contributed by atoms with Crippen LogP contribution in [-0.4, -0.2) is 54.2 Å². The summed E-state index contributed by atoms with van der Waals surface area (Å²) in [6.45, 7) is 4.63. The zero-order valence-corrected chi connectivity index (χ0v) is 24.7. The van der Waals surface area contributed by atoms with Crippen molar-refractivity contribution in [1.82, 2.24) is 10.3 Å². The molecule has 1 atom stereocenters. The summed E-state index contributed by atoms with van der Waals surface area (Å²) in [6, 6.07) is 10.5. The van der Waals surface area contributed by atoms with Gasteiger partial charge in [-0.15, -0.1) is 0 Å². The molecule has 14 heteroatoms. The van der Waals surface area contributed by atoms with E-state index in [4.69, 9.17) is 15.2 Å². The number of hydrogen-bond donors (Lipinski definition) is 4. The molecule has 1 aromatic heterocycles. The molecule has 0 saturated heterocycles. The van der Waals surface area contributed by atoms with Crippen LogP contribution in [0, 0.1) is 12.7 Å². The third-order valence-corrected chi connectivity index (χ3v) is 6.16. The first kappa shape index (κ1) is 35.5. The molecule has 1 unspecified atom stereocenters. The quantitative estimate of drug-likeness (QED) is 0.249. The van der Waals surface area contributed by atoms with Crippen LogP contribution >= 0.6 is 0 Å². The van der Waals surface area contributed by atoms with E-state index in [-0.39, 0.29) is 40.1 Å². The number of carbonyl (C=O) groups excluding carboxylic acids is 3. The molecule has 3 aromatic rings. The van der Waals surface area contributed by atoms with Gasteiger partial charge in [0.25, 0.3) is 11.8 Å². The lowest BCUT2D eigenvalue weighted by Crippen LogP contribution is -2.51. The van der Waals surface area contributed by atoms with E-state index < -0.39 is 48.3 Å². The van der Waals surface area contributed by atoms with Crippen LogP contribution in [0.2, 0.25) is 0 Å².